The molecule has 1 aromatic carbocycles. The largest absolute Gasteiger partial charge is 0.478 e. The minimum atomic E-state index is -1.18. The van der Waals surface area contributed by atoms with E-state index in [0.717, 1.165) is 0 Å². The van der Waals surface area contributed by atoms with Gasteiger partial charge in [-0.25, -0.2) is 4.79 Å². The Morgan fingerprint density at radius 3 is 2.67 bits per heavy atom. The summed E-state index contributed by atoms with van der Waals surface area (Å²) in [5.74, 6) is -1.18. The van der Waals surface area contributed by atoms with E-state index in [1.807, 2.05) is 0 Å². The first-order chi connectivity index (χ1) is 5.65. The summed E-state index contributed by atoms with van der Waals surface area (Å²) in [6.45, 7) is 0. The van der Waals surface area contributed by atoms with Gasteiger partial charge in [-0.05, 0) is 23.4 Å². The topological polar surface area (TPSA) is 66.7 Å². The quantitative estimate of drug-likeness (QED) is 0.544. The average molecular weight is 183 g/mol. The van der Waals surface area contributed by atoms with Crippen molar-refractivity contribution in [3.63, 3.8) is 0 Å². The van der Waals surface area contributed by atoms with Crippen LogP contribution >= 0.6 is 12.6 Å². The summed E-state index contributed by atoms with van der Waals surface area (Å²) in [6.07, 6.45) is 0. The Hall–Kier alpha value is -1.36. The lowest BCUT2D eigenvalue weighted by molar-refractivity contribution is 0.0697. The van der Waals surface area contributed by atoms with Gasteiger partial charge in [-0.3, -0.25) is 0 Å². The minimum Gasteiger partial charge on any atom is -0.478 e. The first-order valence-electron chi connectivity index (χ1n) is 3.05. The summed E-state index contributed by atoms with van der Waals surface area (Å²) in [5, 5.41) is 11.2. The van der Waals surface area contributed by atoms with Gasteiger partial charge >= 0.3 is 5.97 Å². The van der Waals surface area contributed by atoms with E-state index in [1.165, 1.54) is 18.2 Å². The van der Waals surface area contributed by atoms with E-state index in [-0.39, 0.29) is 11.3 Å². The number of benzene rings is 1. The van der Waals surface area contributed by atoms with E-state index < -0.39 is 5.97 Å². The monoisotopic (exact) mass is 183 g/mol. The Kier molecular flexibility index (Phi) is 2.44. The Bertz CT molecular complexity index is 337. The van der Waals surface area contributed by atoms with Crippen molar-refractivity contribution in [2.45, 2.75) is 4.90 Å². The molecule has 0 saturated heterocycles. The summed E-state index contributed by atoms with van der Waals surface area (Å²) in [4.78, 5) is 21.1. The van der Waals surface area contributed by atoms with Crippen LogP contribution in [0.2, 0.25) is 0 Å². The number of nitroso groups, excluding NO2 is 1. The smallest absolute Gasteiger partial charge is 0.338 e. The van der Waals surface area contributed by atoms with E-state index in [4.69, 9.17) is 5.11 Å². The van der Waals surface area contributed by atoms with E-state index in [9.17, 15) is 9.70 Å². The van der Waals surface area contributed by atoms with Gasteiger partial charge in [0.25, 0.3) is 0 Å². The summed E-state index contributed by atoms with van der Waals surface area (Å²) in [5.41, 5.74) is -0.210. The van der Waals surface area contributed by atoms with E-state index >= 15 is 0 Å². The lowest BCUT2D eigenvalue weighted by Gasteiger charge is -1.97. The van der Waals surface area contributed by atoms with Gasteiger partial charge in [0.1, 0.15) is 5.69 Å². The molecule has 0 heterocycles. The fourth-order valence-corrected chi connectivity index (χ4v) is 0.979. The van der Waals surface area contributed by atoms with Crippen LogP contribution in [0, 0.1) is 4.91 Å². The highest BCUT2D eigenvalue weighted by molar-refractivity contribution is 7.80. The first kappa shape index (κ1) is 8.73. The Morgan fingerprint density at radius 1 is 1.50 bits per heavy atom. The molecule has 1 N–H and O–H groups in total. The van der Waals surface area contributed by atoms with E-state index in [2.05, 4.69) is 17.8 Å². The molecule has 0 bridgehead atoms. The van der Waals surface area contributed by atoms with Crippen LogP contribution in [0.15, 0.2) is 28.3 Å². The highest BCUT2D eigenvalue weighted by Crippen LogP contribution is 2.21. The standard InChI is InChI=1S/C7H5NO3S/c9-7(10)5-3-4(12)1-2-6(5)8-11/h1-3,12H,(H,9,10). The summed E-state index contributed by atoms with van der Waals surface area (Å²) < 4.78 is 0. The van der Waals surface area contributed by atoms with Crippen molar-refractivity contribution in [2.24, 2.45) is 5.18 Å². The molecule has 0 aliphatic carbocycles. The van der Waals surface area contributed by atoms with Gasteiger partial charge in [0, 0.05) is 4.90 Å². The molecule has 1 aromatic rings. The molecule has 62 valence electrons. The first-order valence-corrected chi connectivity index (χ1v) is 3.49. The highest BCUT2D eigenvalue weighted by Gasteiger charge is 2.09. The van der Waals surface area contributed by atoms with Crippen molar-refractivity contribution < 1.29 is 9.90 Å². The van der Waals surface area contributed by atoms with Crippen LogP contribution in [0.1, 0.15) is 10.4 Å². The number of carboxylic acid groups (broad SMARTS) is 1. The Morgan fingerprint density at radius 2 is 2.17 bits per heavy atom. The number of hydrogen-bond acceptors (Lipinski definition) is 4. The van der Waals surface area contributed by atoms with Crippen molar-refractivity contribution >= 4 is 24.3 Å². The van der Waals surface area contributed by atoms with Gasteiger partial charge in [-0.1, -0.05) is 0 Å². The molecule has 4 nitrogen and oxygen atoms in total. The van der Waals surface area contributed by atoms with Crippen molar-refractivity contribution in [1.29, 1.82) is 0 Å². The number of carboxylic acids is 1. The summed E-state index contributed by atoms with van der Waals surface area (Å²) >= 11 is 3.93. The van der Waals surface area contributed by atoms with Crippen molar-refractivity contribution in [3.05, 3.63) is 28.7 Å². The van der Waals surface area contributed by atoms with Crippen molar-refractivity contribution in [1.82, 2.24) is 0 Å². The molecular formula is C7H5NO3S. The van der Waals surface area contributed by atoms with Gasteiger partial charge in [0.15, 0.2) is 0 Å². The van der Waals surface area contributed by atoms with Crippen LogP contribution in [-0.4, -0.2) is 11.1 Å². The SMILES string of the molecule is O=Nc1ccc(S)cc1C(=O)O. The normalized spacial score (nSPS) is 9.42. The van der Waals surface area contributed by atoms with Crippen LogP contribution in [-0.2, 0) is 0 Å². The number of aromatic carboxylic acids is 1. The summed E-state index contributed by atoms with van der Waals surface area (Å²) in [6, 6.07) is 4.10. The molecule has 1 rings (SSSR count). The van der Waals surface area contributed by atoms with Crippen LogP contribution in [0.5, 0.6) is 0 Å². The predicted molar refractivity (Wildman–Crippen MR) is 46.1 cm³/mol. The van der Waals surface area contributed by atoms with Gasteiger partial charge in [0.05, 0.1) is 5.56 Å². The third-order valence-corrected chi connectivity index (χ3v) is 1.59. The highest BCUT2D eigenvalue weighted by atomic mass is 32.1. The maximum absolute atomic E-state index is 10.5. The summed E-state index contributed by atoms with van der Waals surface area (Å²) in [7, 11) is 0. The molecule has 0 unspecified atom stereocenters. The zero-order chi connectivity index (χ0) is 9.14. The van der Waals surface area contributed by atoms with Gasteiger partial charge < -0.3 is 5.11 Å². The second kappa shape index (κ2) is 3.36. The number of carbonyl (C=O) groups is 1. The van der Waals surface area contributed by atoms with Crippen LogP contribution in [0.4, 0.5) is 5.69 Å². The number of rotatable bonds is 2. The van der Waals surface area contributed by atoms with Gasteiger partial charge in [-0.15, -0.1) is 17.5 Å². The molecular weight excluding hydrogens is 178 g/mol. The molecule has 0 spiro atoms. The Labute approximate surface area is 73.6 Å². The Balaban J connectivity index is 3.30. The minimum absolute atomic E-state index is 0.0831. The molecule has 0 fully saturated rings. The zero-order valence-electron chi connectivity index (χ0n) is 5.89. The zero-order valence-corrected chi connectivity index (χ0v) is 6.78. The molecule has 0 radical (unpaired) electrons. The number of hydrogen-bond donors (Lipinski definition) is 2. The third-order valence-electron chi connectivity index (χ3n) is 1.31. The van der Waals surface area contributed by atoms with E-state index in [1.54, 1.807) is 0 Å². The molecule has 0 aliphatic heterocycles. The van der Waals surface area contributed by atoms with E-state index in [0.29, 0.717) is 4.90 Å². The lowest BCUT2D eigenvalue weighted by atomic mass is 10.2. The third kappa shape index (κ3) is 1.62. The van der Waals surface area contributed by atoms with Crippen LogP contribution in [0.3, 0.4) is 0 Å². The van der Waals surface area contributed by atoms with Crippen LogP contribution < -0.4 is 0 Å². The van der Waals surface area contributed by atoms with Crippen molar-refractivity contribution in [3.8, 4) is 0 Å². The predicted octanol–water partition coefficient (Wildman–Crippen LogP) is 2.07. The maximum Gasteiger partial charge on any atom is 0.338 e. The molecule has 0 saturated carbocycles. The molecule has 0 amide bonds. The van der Waals surface area contributed by atoms with Gasteiger partial charge in [-0.2, -0.15) is 0 Å². The molecule has 0 aromatic heterocycles. The molecule has 12 heavy (non-hydrogen) atoms. The number of thiol groups is 1. The van der Waals surface area contributed by atoms with Crippen LogP contribution in [0.25, 0.3) is 0 Å². The molecule has 0 atom stereocenters. The maximum atomic E-state index is 10.5. The van der Waals surface area contributed by atoms with Crippen molar-refractivity contribution in [2.75, 3.05) is 0 Å². The second-order valence-corrected chi connectivity index (χ2v) is 2.61. The lowest BCUT2D eigenvalue weighted by Crippen LogP contribution is -1.96. The number of nitrogens with zero attached hydrogens (tertiary/aromatic N) is 1. The van der Waals surface area contributed by atoms with Gasteiger partial charge in [0.2, 0.25) is 0 Å². The second-order valence-electron chi connectivity index (χ2n) is 2.10. The average Bonchev–Trinajstić information content (AvgIpc) is 2.04. The fourth-order valence-electron chi connectivity index (χ4n) is 0.775. The molecule has 0 aliphatic rings. The molecule has 5 heteroatoms. The fraction of sp³-hybridized carbons (Fsp3) is 0.